The molecule has 1 heterocycles. The Hall–Kier alpha value is -0.900. The summed E-state index contributed by atoms with van der Waals surface area (Å²) in [6.07, 6.45) is 2.78. The van der Waals surface area contributed by atoms with Crippen LogP contribution in [0.25, 0.3) is 0 Å². The molecule has 0 aliphatic carbocycles. The van der Waals surface area contributed by atoms with Crippen molar-refractivity contribution in [3.63, 3.8) is 0 Å². The summed E-state index contributed by atoms with van der Waals surface area (Å²) in [5.41, 5.74) is 6.75. The lowest BCUT2D eigenvalue weighted by molar-refractivity contribution is 0.439. The van der Waals surface area contributed by atoms with Crippen LogP contribution in [0.15, 0.2) is 6.20 Å². The topological polar surface area (TPSA) is 56.7 Å². The molecule has 0 aliphatic heterocycles. The summed E-state index contributed by atoms with van der Waals surface area (Å²) < 4.78 is 1.89. The summed E-state index contributed by atoms with van der Waals surface area (Å²) in [6, 6.07) is 0.391. The fraction of sp³-hybridized carbons (Fsp3) is 0.750. The normalized spacial score (nSPS) is 16.0. The fourth-order valence-corrected chi connectivity index (χ4v) is 1.09. The Morgan fingerprint density at radius 2 is 2.25 bits per heavy atom. The smallest absolute Gasteiger partial charge is 0.0754 e. The van der Waals surface area contributed by atoms with Crippen molar-refractivity contribution in [2.24, 2.45) is 5.73 Å². The van der Waals surface area contributed by atoms with E-state index in [1.807, 2.05) is 11.6 Å². The Balaban J connectivity index is 2.91. The van der Waals surface area contributed by atoms with E-state index in [2.05, 4.69) is 24.2 Å². The van der Waals surface area contributed by atoms with Gasteiger partial charge in [-0.1, -0.05) is 12.1 Å². The van der Waals surface area contributed by atoms with Crippen LogP contribution in [0.3, 0.4) is 0 Å². The van der Waals surface area contributed by atoms with Crippen LogP contribution in [-0.4, -0.2) is 15.0 Å². The summed E-state index contributed by atoms with van der Waals surface area (Å²) >= 11 is 0. The van der Waals surface area contributed by atoms with E-state index in [0.717, 1.165) is 12.1 Å². The van der Waals surface area contributed by atoms with E-state index in [9.17, 15) is 0 Å². The molecule has 4 nitrogen and oxygen atoms in total. The summed E-state index contributed by atoms with van der Waals surface area (Å²) in [4.78, 5) is 0. The first-order valence-electron chi connectivity index (χ1n) is 4.32. The van der Waals surface area contributed by atoms with Crippen molar-refractivity contribution in [1.29, 1.82) is 0 Å². The van der Waals surface area contributed by atoms with E-state index in [4.69, 9.17) is 5.73 Å². The molecule has 0 amide bonds. The number of hydrogen-bond acceptors (Lipinski definition) is 3. The van der Waals surface area contributed by atoms with Gasteiger partial charge < -0.3 is 5.73 Å². The molecule has 0 spiro atoms. The Labute approximate surface area is 72.8 Å². The van der Waals surface area contributed by atoms with Crippen LogP contribution >= 0.6 is 0 Å². The lowest BCUT2D eigenvalue weighted by Gasteiger charge is -2.13. The Bertz CT molecular complexity index is 241. The molecule has 0 saturated carbocycles. The zero-order valence-electron chi connectivity index (χ0n) is 7.86. The molecule has 1 unspecified atom stereocenters. The van der Waals surface area contributed by atoms with Gasteiger partial charge in [-0.15, -0.1) is 5.10 Å². The van der Waals surface area contributed by atoms with Gasteiger partial charge in [0.15, 0.2) is 0 Å². The van der Waals surface area contributed by atoms with Gasteiger partial charge >= 0.3 is 0 Å². The minimum Gasteiger partial charge on any atom is -0.323 e. The summed E-state index contributed by atoms with van der Waals surface area (Å²) in [5.74, 6) is 0. The minimum atomic E-state index is 0.00833. The number of nitrogens with two attached hydrogens (primary N) is 1. The van der Waals surface area contributed by atoms with Crippen LogP contribution in [0.5, 0.6) is 0 Å². The van der Waals surface area contributed by atoms with Crippen LogP contribution in [0.4, 0.5) is 0 Å². The SMILES string of the molecule is CCC(C)n1nncc1[C@@H](C)N. The van der Waals surface area contributed by atoms with Gasteiger partial charge in [-0.05, 0) is 20.3 Å². The average Bonchev–Trinajstić information content (AvgIpc) is 2.50. The second-order valence-corrected chi connectivity index (χ2v) is 3.15. The van der Waals surface area contributed by atoms with Crippen molar-refractivity contribution < 1.29 is 0 Å². The maximum absolute atomic E-state index is 5.75. The molecule has 0 aliphatic rings. The molecule has 0 fully saturated rings. The molecule has 1 aromatic heterocycles. The molecule has 1 rings (SSSR count). The fourth-order valence-electron chi connectivity index (χ4n) is 1.09. The van der Waals surface area contributed by atoms with Crippen molar-refractivity contribution in [2.45, 2.75) is 39.3 Å². The van der Waals surface area contributed by atoms with Gasteiger partial charge in [0, 0.05) is 6.04 Å². The summed E-state index contributed by atoms with van der Waals surface area (Å²) in [5, 5.41) is 7.84. The van der Waals surface area contributed by atoms with Crippen LogP contribution in [0, 0.1) is 0 Å². The minimum absolute atomic E-state index is 0.00833. The third-order valence-corrected chi connectivity index (χ3v) is 2.08. The third kappa shape index (κ3) is 1.64. The first-order valence-corrected chi connectivity index (χ1v) is 4.32. The molecule has 68 valence electrons. The van der Waals surface area contributed by atoms with Gasteiger partial charge in [0.1, 0.15) is 0 Å². The quantitative estimate of drug-likeness (QED) is 0.739. The molecule has 0 radical (unpaired) electrons. The number of rotatable bonds is 3. The van der Waals surface area contributed by atoms with E-state index in [1.54, 1.807) is 6.20 Å². The molecule has 0 aromatic carbocycles. The molecule has 0 saturated heterocycles. The molecular weight excluding hydrogens is 152 g/mol. The van der Waals surface area contributed by atoms with E-state index in [-0.39, 0.29) is 6.04 Å². The van der Waals surface area contributed by atoms with Gasteiger partial charge in [0.05, 0.1) is 17.9 Å². The summed E-state index contributed by atoms with van der Waals surface area (Å²) in [6.45, 7) is 6.18. The lowest BCUT2D eigenvalue weighted by atomic mass is 10.2. The zero-order chi connectivity index (χ0) is 9.14. The van der Waals surface area contributed by atoms with Crippen LogP contribution < -0.4 is 5.73 Å². The molecular formula is C8H16N4. The van der Waals surface area contributed by atoms with E-state index in [1.165, 1.54) is 0 Å². The maximum Gasteiger partial charge on any atom is 0.0754 e. The first kappa shape index (κ1) is 9.19. The second kappa shape index (κ2) is 3.67. The predicted molar refractivity (Wildman–Crippen MR) is 47.6 cm³/mol. The average molecular weight is 168 g/mol. The Morgan fingerprint density at radius 1 is 1.58 bits per heavy atom. The molecule has 2 N–H and O–H groups in total. The van der Waals surface area contributed by atoms with Gasteiger partial charge in [0.25, 0.3) is 0 Å². The number of hydrogen-bond donors (Lipinski definition) is 1. The van der Waals surface area contributed by atoms with Gasteiger partial charge in [0.2, 0.25) is 0 Å². The highest BCUT2D eigenvalue weighted by Gasteiger charge is 2.11. The third-order valence-electron chi connectivity index (χ3n) is 2.08. The molecule has 0 bridgehead atoms. The first-order chi connectivity index (χ1) is 5.66. The van der Waals surface area contributed by atoms with Crippen LogP contribution in [-0.2, 0) is 0 Å². The Morgan fingerprint density at radius 3 is 2.75 bits per heavy atom. The molecule has 12 heavy (non-hydrogen) atoms. The largest absolute Gasteiger partial charge is 0.323 e. The van der Waals surface area contributed by atoms with Gasteiger partial charge in [-0.2, -0.15) is 0 Å². The monoisotopic (exact) mass is 168 g/mol. The molecule has 1 aromatic rings. The van der Waals surface area contributed by atoms with E-state index >= 15 is 0 Å². The van der Waals surface area contributed by atoms with Crippen molar-refractivity contribution in [1.82, 2.24) is 15.0 Å². The summed E-state index contributed by atoms with van der Waals surface area (Å²) in [7, 11) is 0. The van der Waals surface area contributed by atoms with Crippen LogP contribution in [0.1, 0.15) is 45.0 Å². The number of nitrogens with zero attached hydrogens (tertiary/aromatic N) is 3. The lowest BCUT2D eigenvalue weighted by Crippen LogP contribution is -2.16. The van der Waals surface area contributed by atoms with Crippen molar-refractivity contribution in [3.05, 3.63) is 11.9 Å². The van der Waals surface area contributed by atoms with Gasteiger partial charge in [-0.3, -0.25) is 0 Å². The van der Waals surface area contributed by atoms with Gasteiger partial charge in [-0.25, -0.2) is 4.68 Å². The number of aromatic nitrogens is 3. The maximum atomic E-state index is 5.75. The molecule has 4 heteroatoms. The van der Waals surface area contributed by atoms with Crippen molar-refractivity contribution in [2.75, 3.05) is 0 Å². The highest BCUT2D eigenvalue weighted by atomic mass is 15.4. The zero-order valence-corrected chi connectivity index (χ0v) is 7.86. The van der Waals surface area contributed by atoms with E-state index < -0.39 is 0 Å². The van der Waals surface area contributed by atoms with Crippen molar-refractivity contribution >= 4 is 0 Å². The van der Waals surface area contributed by atoms with Crippen molar-refractivity contribution in [3.8, 4) is 0 Å². The van der Waals surface area contributed by atoms with E-state index in [0.29, 0.717) is 6.04 Å². The molecule has 2 atom stereocenters. The highest BCUT2D eigenvalue weighted by molar-refractivity contribution is 5.00. The second-order valence-electron chi connectivity index (χ2n) is 3.15. The van der Waals surface area contributed by atoms with Crippen LogP contribution in [0.2, 0.25) is 0 Å². The predicted octanol–water partition coefficient (Wildman–Crippen LogP) is 1.27. The highest BCUT2D eigenvalue weighted by Crippen LogP contribution is 2.14. The standard InChI is InChI=1S/C8H16N4/c1-4-6(2)12-8(7(3)9)5-10-11-12/h5-7H,4,9H2,1-3H3/t6?,7-/m1/s1. The Kier molecular flexibility index (Phi) is 2.81.